The normalized spacial score (nSPS) is 22.1. The van der Waals surface area contributed by atoms with Crippen LogP contribution < -0.4 is 5.73 Å². The molecule has 1 unspecified atom stereocenters. The van der Waals surface area contributed by atoms with E-state index in [9.17, 15) is 0 Å². The van der Waals surface area contributed by atoms with Crippen molar-refractivity contribution in [2.45, 2.75) is 26.8 Å². The van der Waals surface area contributed by atoms with Gasteiger partial charge in [-0.05, 0) is 37.4 Å². The van der Waals surface area contributed by atoms with Gasteiger partial charge in [0.05, 0.1) is 0 Å². The van der Waals surface area contributed by atoms with Gasteiger partial charge in [-0.1, -0.05) is 24.6 Å². The third-order valence-corrected chi connectivity index (χ3v) is 3.20. The summed E-state index contributed by atoms with van der Waals surface area (Å²) >= 11 is 0. The second-order valence-corrected chi connectivity index (χ2v) is 4.83. The summed E-state index contributed by atoms with van der Waals surface area (Å²) in [6, 6.07) is 6.30. The number of benzene rings is 1. The molecule has 82 valence electrons. The molecule has 1 atom stereocenters. The molecule has 0 bridgehead atoms. The lowest BCUT2D eigenvalue weighted by atomic mass is 10.1. The summed E-state index contributed by atoms with van der Waals surface area (Å²) in [6.45, 7) is 7.88. The molecule has 2 heteroatoms. The average Bonchev–Trinajstić information content (AvgIpc) is 2.58. The maximum atomic E-state index is 5.98. The van der Waals surface area contributed by atoms with Gasteiger partial charge in [0.1, 0.15) is 0 Å². The van der Waals surface area contributed by atoms with Gasteiger partial charge in [-0.25, -0.2) is 0 Å². The molecule has 0 aliphatic carbocycles. The van der Waals surface area contributed by atoms with E-state index in [0.29, 0.717) is 0 Å². The highest BCUT2D eigenvalue weighted by Gasteiger charge is 2.18. The maximum absolute atomic E-state index is 5.98. The van der Waals surface area contributed by atoms with Crippen molar-refractivity contribution in [2.75, 3.05) is 18.8 Å². The van der Waals surface area contributed by atoms with Gasteiger partial charge in [-0.15, -0.1) is 0 Å². The van der Waals surface area contributed by atoms with Crippen LogP contribution in [-0.4, -0.2) is 18.0 Å². The van der Waals surface area contributed by atoms with E-state index in [4.69, 9.17) is 5.73 Å². The third-order valence-electron chi connectivity index (χ3n) is 3.20. The summed E-state index contributed by atoms with van der Waals surface area (Å²) in [5.41, 5.74) is 9.49. The zero-order valence-corrected chi connectivity index (χ0v) is 9.66. The Kier molecular flexibility index (Phi) is 2.96. The number of likely N-dealkylation sites (tertiary alicyclic amines) is 1. The van der Waals surface area contributed by atoms with Crippen molar-refractivity contribution in [2.24, 2.45) is 5.92 Å². The number of rotatable bonds is 2. The van der Waals surface area contributed by atoms with E-state index in [0.717, 1.165) is 18.2 Å². The van der Waals surface area contributed by atoms with Gasteiger partial charge in [-0.3, -0.25) is 4.90 Å². The first-order valence-electron chi connectivity index (χ1n) is 5.72. The highest BCUT2D eigenvalue weighted by atomic mass is 15.1. The van der Waals surface area contributed by atoms with E-state index < -0.39 is 0 Å². The molecule has 0 radical (unpaired) electrons. The number of nitrogens with two attached hydrogens (primary N) is 1. The Balaban J connectivity index is 2.07. The van der Waals surface area contributed by atoms with Crippen LogP contribution in [0.1, 0.15) is 24.5 Å². The van der Waals surface area contributed by atoms with Crippen molar-refractivity contribution in [3.63, 3.8) is 0 Å². The molecule has 0 aromatic heterocycles. The highest BCUT2D eigenvalue weighted by molar-refractivity contribution is 5.48. The van der Waals surface area contributed by atoms with Crippen molar-refractivity contribution in [1.29, 1.82) is 0 Å². The van der Waals surface area contributed by atoms with E-state index in [1.807, 2.05) is 6.07 Å². The van der Waals surface area contributed by atoms with Gasteiger partial charge >= 0.3 is 0 Å². The molecule has 0 saturated carbocycles. The third kappa shape index (κ3) is 2.51. The van der Waals surface area contributed by atoms with Crippen LogP contribution in [0.2, 0.25) is 0 Å². The minimum atomic E-state index is 0.844. The van der Waals surface area contributed by atoms with Crippen LogP contribution in [0.15, 0.2) is 18.2 Å². The maximum Gasteiger partial charge on any atom is 0.0359 e. The number of hydrogen-bond donors (Lipinski definition) is 1. The van der Waals surface area contributed by atoms with E-state index in [2.05, 4.69) is 30.9 Å². The summed E-state index contributed by atoms with van der Waals surface area (Å²) in [5, 5.41) is 0. The van der Waals surface area contributed by atoms with Crippen LogP contribution >= 0.6 is 0 Å². The Labute approximate surface area is 92.1 Å². The van der Waals surface area contributed by atoms with E-state index >= 15 is 0 Å². The molecule has 1 aromatic rings. The van der Waals surface area contributed by atoms with Gasteiger partial charge in [0, 0.05) is 18.8 Å². The van der Waals surface area contributed by atoms with Crippen molar-refractivity contribution in [1.82, 2.24) is 4.90 Å². The standard InChI is InChI=1S/C13H20N2/c1-10-3-4-13(14)12(7-10)9-15-6-5-11(2)8-15/h3-4,7,11H,5-6,8-9,14H2,1-2H3. The monoisotopic (exact) mass is 204 g/mol. The minimum absolute atomic E-state index is 0.844. The lowest BCUT2D eigenvalue weighted by Crippen LogP contribution is -2.20. The molecule has 1 fully saturated rings. The largest absolute Gasteiger partial charge is 0.398 e. The first-order valence-corrected chi connectivity index (χ1v) is 5.72. The zero-order valence-electron chi connectivity index (χ0n) is 9.66. The zero-order chi connectivity index (χ0) is 10.8. The van der Waals surface area contributed by atoms with Gasteiger partial charge in [0.2, 0.25) is 0 Å². The Hall–Kier alpha value is -1.02. The number of nitrogen functional groups attached to an aromatic ring is 1. The number of anilines is 1. The molecular weight excluding hydrogens is 184 g/mol. The summed E-state index contributed by atoms with van der Waals surface area (Å²) in [6.07, 6.45) is 1.33. The van der Waals surface area contributed by atoms with Crippen LogP contribution in [0.4, 0.5) is 5.69 Å². The van der Waals surface area contributed by atoms with E-state index in [1.54, 1.807) is 0 Å². The topological polar surface area (TPSA) is 29.3 Å². The molecule has 1 aliphatic rings. The van der Waals surface area contributed by atoms with Crippen LogP contribution in [0.25, 0.3) is 0 Å². The average molecular weight is 204 g/mol. The Morgan fingerprint density at radius 3 is 2.93 bits per heavy atom. The molecule has 1 aromatic carbocycles. The highest BCUT2D eigenvalue weighted by Crippen LogP contribution is 2.21. The Morgan fingerprint density at radius 2 is 2.27 bits per heavy atom. The van der Waals surface area contributed by atoms with Gasteiger partial charge in [-0.2, -0.15) is 0 Å². The molecule has 0 amide bonds. The predicted molar refractivity (Wildman–Crippen MR) is 64.6 cm³/mol. The first-order chi connectivity index (χ1) is 7.15. The molecule has 0 spiro atoms. The van der Waals surface area contributed by atoms with Crippen LogP contribution in [-0.2, 0) is 6.54 Å². The first kappa shape index (κ1) is 10.5. The minimum Gasteiger partial charge on any atom is -0.398 e. The van der Waals surface area contributed by atoms with E-state index in [1.165, 1.54) is 30.6 Å². The van der Waals surface area contributed by atoms with Gasteiger partial charge in [0.15, 0.2) is 0 Å². The second-order valence-electron chi connectivity index (χ2n) is 4.83. The van der Waals surface area contributed by atoms with Crippen molar-refractivity contribution >= 4 is 5.69 Å². The number of hydrogen-bond acceptors (Lipinski definition) is 2. The lowest BCUT2D eigenvalue weighted by molar-refractivity contribution is 0.321. The molecule has 15 heavy (non-hydrogen) atoms. The number of nitrogens with zero attached hydrogens (tertiary/aromatic N) is 1. The summed E-state index contributed by atoms with van der Waals surface area (Å²) in [7, 11) is 0. The molecule has 1 heterocycles. The Morgan fingerprint density at radius 1 is 1.47 bits per heavy atom. The molecule has 1 aliphatic heterocycles. The van der Waals surface area contributed by atoms with Crippen molar-refractivity contribution < 1.29 is 0 Å². The van der Waals surface area contributed by atoms with E-state index in [-0.39, 0.29) is 0 Å². The quantitative estimate of drug-likeness (QED) is 0.750. The fourth-order valence-electron chi connectivity index (χ4n) is 2.28. The molecule has 2 nitrogen and oxygen atoms in total. The number of aryl methyl sites for hydroxylation is 1. The van der Waals surface area contributed by atoms with Crippen LogP contribution in [0.5, 0.6) is 0 Å². The summed E-state index contributed by atoms with van der Waals surface area (Å²) in [4.78, 5) is 2.50. The fraction of sp³-hybridized carbons (Fsp3) is 0.538. The van der Waals surface area contributed by atoms with Crippen molar-refractivity contribution in [3.05, 3.63) is 29.3 Å². The van der Waals surface area contributed by atoms with Crippen molar-refractivity contribution in [3.8, 4) is 0 Å². The van der Waals surface area contributed by atoms with Crippen LogP contribution in [0, 0.1) is 12.8 Å². The summed E-state index contributed by atoms with van der Waals surface area (Å²) < 4.78 is 0. The lowest BCUT2D eigenvalue weighted by Gasteiger charge is -2.17. The smallest absolute Gasteiger partial charge is 0.0359 e. The molecule has 2 N–H and O–H groups in total. The SMILES string of the molecule is Cc1ccc(N)c(CN2CCC(C)C2)c1. The Bertz CT molecular complexity index is 346. The molecule has 1 saturated heterocycles. The molecule has 2 rings (SSSR count). The molecular formula is C13H20N2. The fourth-order valence-corrected chi connectivity index (χ4v) is 2.28. The predicted octanol–water partition coefficient (Wildman–Crippen LogP) is 2.42. The van der Waals surface area contributed by atoms with Gasteiger partial charge in [0.25, 0.3) is 0 Å². The second kappa shape index (κ2) is 4.23. The van der Waals surface area contributed by atoms with Gasteiger partial charge < -0.3 is 5.73 Å². The summed E-state index contributed by atoms with van der Waals surface area (Å²) in [5.74, 6) is 0.844. The van der Waals surface area contributed by atoms with Crippen LogP contribution in [0.3, 0.4) is 0 Å².